The molecule has 6 nitrogen and oxygen atoms in total. The average Bonchev–Trinajstić information content (AvgIpc) is 3.09. The fourth-order valence-electron chi connectivity index (χ4n) is 3.41. The van der Waals surface area contributed by atoms with E-state index in [0.29, 0.717) is 27.2 Å². The van der Waals surface area contributed by atoms with Crippen LogP contribution in [0.3, 0.4) is 0 Å². The first-order chi connectivity index (χ1) is 14.2. The largest absolute Gasteiger partial charge is 0.463 e. The minimum absolute atomic E-state index is 0.242. The second-order valence-electron chi connectivity index (χ2n) is 6.35. The van der Waals surface area contributed by atoms with Gasteiger partial charge in [0.25, 0.3) is 0 Å². The molecule has 0 saturated heterocycles. The van der Waals surface area contributed by atoms with Crippen molar-refractivity contribution in [2.24, 2.45) is 10.7 Å². The minimum Gasteiger partial charge on any atom is -0.463 e. The first-order valence-electron chi connectivity index (χ1n) is 9.13. The molecular formula is C22H18N4O2S. The zero-order chi connectivity index (χ0) is 20.4. The van der Waals surface area contributed by atoms with Gasteiger partial charge in [-0.15, -0.1) is 0 Å². The van der Waals surface area contributed by atoms with Crippen LogP contribution in [0.4, 0.5) is 0 Å². The molecular weight excluding hydrogens is 384 g/mol. The Labute approximate surface area is 173 Å². The summed E-state index contributed by atoms with van der Waals surface area (Å²) in [6.45, 7) is 2.01. The molecule has 144 valence electrons. The summed E-state index contributed by atoms with van der Waals surface area (Å²) in [5.41, 5.74) is 8.89. The number of nitrogens with zero attached hydrogens (tertiary/aromatic N) is 3. The van der Waals surface area contributed by atoms with E-state index in [1.54, 1.807) is 11.8 Å². The van der Waals surface area contributed by atoms with E-state index in [1.807, 2.05) is 60.7 Å². The summed E-state index contributed by atoms with van der Waals surface area (Å²) in [4.78, 5) is 20.0. The van der Waals surface area contributed by atoms with Crippen LogP contribution in [0.15, 0.2) is 82.0 Å². The number of thioether (sulfide) groups is 1. The van der Waals surface area contributed by atoms with E-state index in [2.05, 4.69) is 6.07 Å². The Morgan fingerprint density at radius 3 is 2.48 bits per heavy atom. The Bertz CT molecular complexity index is 1080. The number of carbonyl (C=O) groups is 1. The second-order valence-corrected chi connectivity index (χ2v) is 7.33. The number of carbonyl (C=O) groups excluding carboxylic acids is 1. The zero-order valence-corrected chi connectivity index (χ0v) is 16.5. The number of rotatable bonds is 4. The van der Waals surface area contributed by atoms with E-state index in [1.165, 1.54) is 11.8 Å². The SMILES string of the molecule is CCOC(=O)C1=C(c2ccccc2)N=C2SC(C#N)=C(N)N2[C@@H]1c1ccccc1. The summed E-state index contributed by atoms with van der Waals surface area (Å²) < 4.78 is 5.40. The highest BCUT2D eigenvalue weighted by Gasteiger charge is 2.43. The van der Waals surface area contributed by atoms with E-state index in [-0.39, 0.29) is 6.61 Å². The van der Waals surface area contributed by atoms with Gasteiger partial charge in [0, 0.05) is 5.56 Å². The van der Waals surface area contributed by atoms with Crippen LogP contribution in [0.2, 0.25) is 0 Å². The third-order valence-corrected chi connectivity index (χ3v) is 5.62. The van der Waals surface area contributed by atoms with Crippen molar-refractivity contribution in [3.63, 3.8) is 0 Å². The number of amidine groups is 1. The highest BCUT2D eigenvalue weighted by Crippen LogP contribution is 2.47. The lowest BCUT2D eigenvalue weighted by Gasteiger charge is -2.35. The summed E-state index contributed by atoms with van der Waals surface area (Å²) in [5.74, 6) is -0.162. The molecule has 0 fully saturated rings. The summed E-state index contributed by atoms with van der Waals surface area (Å²) in [6.07, 6.45) is 0. The van der Waals surface area contributed by atoms with Crippen molar-refractivity contribution in [3.8, 4) is 6.07 Å². The summed E-state index contributed by atoms with van der Waals surface area (Å²) >= 11 is 1.21. The van der Waals surface area contributed by atoms with Crippen LogP contribution in [0.5, 0.6) is 0 Å². The maximum Gasteiger partial charge on any atom is 0.338 e. The third kappa shape index (κ3) is 3.28. The number of esters is 1. The Balaban J connectivity index is 1.99. The molecule has 2 heterocycles. The topological polar surface area (TPSA) is 91.7 Å². The minimum atomic E-state index is -0.545. The van der Waals surface area contributed by atoms with Gasteiger partial charge in [0.05, 0.1) is 23.9 Å². The Morgan fingerprint density at radius 1 is 1.21 bits per heavy atom. The number of allylic oxidation sites excluding steroid dienone is 1. The van der Waals surface area contributed by atoms with Gasteiger partial charge in [0.15, 0.2) is 5.17 Å². The number of nitriles is 1. The molecule has 29 heavy (non-hydrogen) atoms. The van der Waals surface area contributed by atoms with Crippen molar-refractivity contribution in [1.29, 1.82) is 5.26 Å². The van der Waals surface area contributed by atoms with Crippen molar-refractivity contribution >= 4 is 28.6 Å². The predicted molar refractivity (Wildman–Crippen MR) is 113 cm³/mol. The second kappa shape index (κ2) is 7.86. The number of nitrogens with two attached hydrogens (primary N) is 1. The molecule has 0 amide bonds. The lowest BCUT2D eigenvalue weighted by atomic mass is 9.92. The molecule has 4 rings (SSSR count). The number of hydrogen-bond donors (Lipinski definition) is 1. The van der Waals surface area contributed by atoms with Crippen LogP contribution < -0.4 is 5.73 Å². The van der Waals surface area contributed by atoms with Crippen molar-refractivity contribution in [2.45, 2.75) is 13.0 Å². The summed E-state index contributed by atoms with van der Waals surface area (Å²) in [5, 5.41) is 10.1. The molecule has 2 N–H and O–H groups in total. The molecule has 0 saturated carbocycles. The van der Waals surface area contributed by atoms with Gasteiger partial charge in [-0.25, -0.2) is 9.79 Å². The van der Waals surface area contributed by atoms with Gasteiger partial charge >= 0.3 is 5.97 Å². The average molecular weight is 402 g/mol. The maximum absolute atomic E-state index is 13.1. The molecule has 2 aromatic rings. The van der Waals surface area contributed by atoms with Gasteiger partial charge in [-0.2, -0.15) is 5.26 Å². The quantitative estimate of drug-likeness (QED) is 0.783. The van der Waals surface area contributed by atoms with Crippen LogP contribution in [-0.2, 0) is 9.53 Å². The monoisotopic (exact) mass is 402 g/mol. The number of fused-ring (bicyclic) bond motifs is 1. The first kappa shape index (κ1) is 18.8. The Hall–Kier alpha value is -3.50. The van der Waals surface area contributed by atoms with Gasteiger partial charge in [0.1, 0.15) is 16.8 Å². The molecule has 0 aromatic heterocycles. The Kier molecular flexibility index (Phi) is 5.10. The van der Waals surface area contributed by atoms with E-state index in [0.717, 1.165) is 11.1 Å². The molecule has 0 aliphatic carbocycles. The standard InChI is InChI=1S/C22H18N4O2S/c1-2-28-21(27)17-18(14-9-5-3-6-10-14)25-22-26(20(24)16(13-23)29-22)19(17)15-11-7-4-8-12-15/h3-12,19H,2,24H2,1H3/t19-/m1/s1. The summed E-state index contributed by atoms with van der Waals surface area (Å²) in [6, 6.07) is 20.6. The van der Waals surface area contributed by atoms with E-state index in [4.69, 9.17) is 15.5 Å². The molecule has 7 heteroatoms. The molecule has 0 spiro atoms. The third-order valence-electron chi connectivity index (χ3n) is 4.65. The zero-order valence-electron chi connectivity index (χ0n) is 15.7. The number of aliphatic imine (C=N–C) groups is 1. The smallest absolute Gasteiger partial charge is 0.338 e. The van der Waals surface area contributed by atoms with Crippen LogP contribution in [0.1, 0.15) is 24.1 Å². The van der Waals surface area contributed by atoms with Crippen molar-refractivity contribution in [3.05, 3.63) is 88.1 Å². The molecule has 2 aliphatic heterocycles. The molecule has 1 atom stereocenters. The van der Waals surface area contributed by atoms with E-state index < -0.39 is 12.0 Å². The lowest BCUT2D eigenvalue weighted by molar-refractivity contribution is -0.139. The lowest BCUT2D eigenvalue weighted by Crippen LogP contribution is -2.38. The van der Waals surface area contributed by atoms with Crippen LogP contribution in [-0.4, -0.2) is 22.6 Å². The molecule has 2 aliphatic rings. The van der Waals surface area contributed by atoms with Gasteiger partial charge in [0.2, 0.25) is 0 Å². The fourth-order valence-corrected chi connectivity index (χ4v) is 4.28. The van der Waals surface area contributed by atoms with Gasteiger partial charge in [-0.3, -0.25) is 4.90 Å². The predicted octanol–water partition coefficient (Wildman–Crippen LogP) is 3.77. The first-order valence-corrected chi connectivity index (χ1v) is 9.94. The fraction of sp³-hybridized carbons (Fsp3) is 0.136. The number of ether oxygens (including phenoxy) is 1. The van der Waals surface area contributed by atoms with E-state index in [9.17, 15) is 10.1 Å². The molecule has 0 radical (unpaired) electrons. The van der Waals surface area contributed by atoms with Crippen LogP contribution in [0.25, 0.3) is 5.70 Å². The number of benzene rings is 2. The van der Waals surface area contributed by atoms with Crippen LogP contribution >= 0.6 is 11.8 Å². The summed E-state index contributed by atoms with van der Waals surface area (Å²) in [7, 11) is 0. The molecule has 0 unspecified atom stereocenters. The maximum atomic E-state index is 13.1. The van der Waals surface area contributed by atoms with Gasteiger partial charge in [-0.1, -0.05) is 60.7 Å². The Morgan fingerprint density at radius 2 is 1.86 bits per heavy atom. The van der Waals surface area contributed by atoms with Crippen molar-refractivity contribution in [2.75, 3.05) is 6.61 Å². The number of hydrogen-bond acceptors (Lipinski definition) is 7. The highest BCUT2D eigenvalue weighted by molar-refractivity contribution is 8.17. The van der Waals surface area contributed by atoms with Crippen molar-refractivity contribution in [1.82, 2.24) is 4.90 Å². The van der Waals surface area contributed by atoms with Gasteiger partial charge in [-0.05, 0) is 24.2 Å². The normalized spacial score (nSPS) is 18.3. The molecule has 2 aromatic carbocycles. The molecule has 0 bridgehead atoms. The van der Waals surface area contributed by atoms with E-state index >= 15 is 0 Å². The van der Waals surface area contributed by atoms with Crippen molar-refractivity contribution < 1.29 is 9.53 Å². The van der Waals surface area contributed by atoms with Gasteiger partial charge < -0.3 is 10.5 Å². The highest BCUT2D eigenvalue weighted by atomic mass is 32.2. The van der Waals surface area contributed by atoms with Crippen LogP contribution in [0, 0.1) is 11.3 Å².